The molecule has 1 aliphatic rings. The van der Waals surface area contributed by atoms with Crippen molar-refractivity contribution in [2.45, 2.75) is 18.6 Å². The normalized spacial score (nSPS) is 18.0. The van der Waals surface area contributed by atoms with E-state index < -0.39 is 11.5 Å². The fourth-order valence-electron chi connectivity index (χ4n) is 3.59. The van der Waals surface area contributed by atoms with E-state index in [1.165, 1.54) is 4.90 Å². The Morgan fingerprint density at radius 3 is 2.41 bits per heavy atom. The number of benzene rings is 3. The van der Waals surface area contributed by atoms with Gasteiger partial charge >= 0.3 is 0 Å². The van der Waals surface area contributed by atoms with Crippen molar-refractivity contribution in [3.63, 3.8) is 0 Å². The van der Waals surface area contributed by atoms with Gasteiger partial charge in [0.15, 0.2) is 11.4 Å². The summed E-state index contributed by atoms with van der Waals surface area (Å²) in [4.78, 5) is 27.6. The van der Waals surface area contributed by atoms with Gasteiger partial charge in [-0.2, -0.15) is 0 Å². The van der Waals surface area contributed by atoms with Crippen LogP contribution in [0.1, 0.15) is 27.9 Å². The molecule has 4 rings (SSSR count). The van der Waals surface area contributed by atoms with Gasteiger partial charge in [-0.15, -0.1) is 0 Å². The maximum absolute atomic E-state index is 13.3. The summed E-state index contributed by atoms with van der Waals surface area (Å²) in [5.41, 5.74) is 0.314. The van der Waals surface area contributed by atoms with E-state index in [1.54, 1.807) is 42.5 Å². The maximum atomic E-state index is 13.3. The number of Topliss-reactive ketones (excluding diaryl/α,β-unsaturated/α-hetero) is 1. The minimum atomic E-state index is -1.96. The summed E-state index contributed by atoms with van der Waals surface area (Å²) in [6, 6.07) is 21.3. The molecule has 0 bridgehead atoms. The highest BCUT2D eigenvalue weighted by Gasteiger charge is 2.51. The minimum absolute atomic E-state index is 0.295. The molecule has 146 valence electrons. The molecule has 0 unspecified atom stereocenters. The quantitative estimate of drug-likeness (QED) is 0.527. The Labute approximate surface area is 181 Å². The predicted octanol–water partition coefficient (Wildman–Crippen LogP) is 5.11. The molecule has 1 aliphatic heterocycles. The fraction of sp³-hybridized carbons (Fsp3) is 0.130. The van der Waals surface area contributed by atoms with Crippen LogP contribution in [0, 0.1) is 0 Å². The lowest BCUT2D eigenvalue weighted by Gasteiger charge is -2.23. The van der Waals surface area contributed by atoms with E-state index in [9.17, 15) is 14.7 Å². The molecule has 29 heavy (non-hydrogen) atoms. The summed E-state index contributed by atoms with van der Waals surface area (Å²) in [5.74, 6) is -0.843. The Morgan fingerprint density at radius 2 is 1.72 bits per heavy atom. The highest BCUT2D eigenvalue weighted by Crippen LogP contribution is 2.44. The molecule has 0 saturated heterocycles. The third-order valence-corrected chi connectivity index (χ3v) is 5.82. The van der Waals surface area contributed by atoms with Crippen molar-refractivity contribution in [1.82, 2.24) is 0 Å². The van der Waals surface area contributed by atoms with Crippen LogP contribution in [0.25, 0.3) is 0 Å². The van der Waals surface area contributed by atoms with Crippen LogP contribution in [-0.4, -0.2) is 16.8 Å². The summed E-state index contributed by atoms with van der Waals surface area (Å²) in [6.07, 6.45) is -0.355. The zero-order chi connectivity index (χ0) is 20.6. The highest BCUT2D eigenvalue weighted by atomic mass is 79.9. The van der Waals surface area contributed by atoms with Crippen molar-refractivity contribution in [3.05, 3.63) is 99.0 Å². The van der Waals surface area contributed by atoms with Gasteiger partial charge in [-0.05, 0) is 35.9 Å². The number of rotatable bonds is 5. The number of aliphatic hydroxyl groups is 1. The van der Waals surface area contributed by atoms with E-state index in [1.807, 2.05) is 30.3 Å². The molecule has 0 radical (unpaired) electrons. The molecule has 1 heterocycles. The van der Waals surface area contributed by atoms with Gasteiger partial charge < -0.3 is 10.0 Å². The molecule has 4 nitrogen and oxygen atoms in total. The second kappa shape index (κ2) is 7.75. The van der Waals surface area contributed by atoms with Crippen molar-refractivity contribution in [1.29, 1.82) is 0 Å². The largest absolute Gasteiger partial charge is 0.375 e. The number of nitrogens with zero attached hydrogens (tertiary/aromatic N) is 1. The Balaban J connectivity index is 1.71. The van der Waals surface area contributed by atoms with Gasteiger partial charge in [0, 0.05) is 20.6 Å². The highest BCUT2D eigenvalue weighted by molar-refractivity contribution is 9.10. The number of hydrogen-bond donors (Lipinski definition) is 1. The van der Waals surface area contributed by atoms with Gasteiger partial charge in [-0.3, -0.25) is 9.59 Å². The second-order valence-corrected chi connectivity index (χ2v) is 8.36. The molecule has 0 aliphatic carbocycles. The standard InChI is InChI=1S/C23H17BrClNO3/c24-17-8-6-16(7-9-17)21(27)13-23(29)19-12-18(25)10-11-20(19)26(22(23)28)14-15-4-2-1-3-5-15/h1-12,29H,13-14H2/t23-/m0/s1. The van der Waals surface area contributed by atoms with Crippen molar-refractivity contribution in [2.75, 3.05) is 4.90 Å². The summed E-state index contributed by atoms with van der Waals surface area (Å²) in [6.45, 7) is 0.295. The smallest absolute Gasteiger partial charge is 0.264 e. The average molecular weight is 471 g/mol. The monoisotopic (exact) mass is 469 g/mol. The third-order valence-electron chi connectivity index (χ3n) is 5.06. The Morgan fingerprint density at radius 1 is 1.03 bits per heavy atom. The average Bonchev–Trinajstić information content (AvgIpc) is 2.91. The minimum Gasteiger partial charge on any atom is -0.375 e. The van der Waals surface area contributed by atoms with Crippen LogP contribution in [0.3, 0.4) is 0 Å². The zero-order valence-electron chi connectivity index (χ0n) is 15.3. The lowest BCUT2D eigenvalue weighted by molar-refractivity contribution is -0.136. The Hall–Kier alpha value is -2.47. The van der Waals surface area contributed by atoms with Crippen LogP contribution in [-0.2, 0) is 16.9 Å². The van der Waals surface area contributed by atoms with Crippen molar-refractivity contribution in [3.8, 4) is 0 Å². The van der Waals surface area contributed by atoms with Crippen molar-refractivity contribution in [2.24, 2.45) is 0 Å². The molecule has 1 amide bonds. The van der Waals surface area contributed by atoms with Gasteiger partial charge in [0.25, 0.3) is 5.91 Å². The van der Waals surface area contributed by atoms with E-state index in [0.717, 1.165) is 10.0 Å². The van der Waals surface area contributed by atoms with Crippen LogP contribution >= 0.6 is 27.5 Å². The first-order valence-electron chi connectivity index (χ1n) is 9.05. The lowest BCUT2D eigenvalue weighted by Crippen LogP contribution is -2.41. The first-order chi connectivity index (χ1) is 13.9. The van der Waals surface area contributed by atoms with Crippen LogP contribution in [0.4, 0.5) is 5.69 Å². The second-order valence-electron chi connectivity index (χ2n) is 7.01. The molecule has 3 aromatic carbocycles. The van der Waals surface area contributed by atoms with E-state index in [4.69, 9.17) is 11.6 Å². The Bertz CT molecular complexity index is 1090. The fourth-order valence-corrected chi connectivity index (χ4v) is 4.02. The molecule has 0 fully saturated rings. The molecule has 0 saturated carbocycles. The lowest BCUT2D eigenvalue weighted by atomic mass is 9.88. The van der Waals surface area contributed by atoms with E-state index >= 15 is 0 Å². The number of ketones is 1. The topological polar surface area (TPSA) is 57.6 Å². The number of hydrogen-bond acceptors (Lipinski definition) is 3. The Kier molecular flexibility index (Phi) is 5.30. The van der Waals surface area contributed by atoms with Crippen LogP contribution in [0.2, 0.25) is 5.02 Å². The summed E-state index contributed by atoms with van der Waals surface area (Å²) in [7, 11) is 0. The van der Waals surface area contributed by atoms with Crippen molar-refractivity contribution < 1.29 is 14.7 Å². The maximum Gasteiger partial charge on any atom is 0.264 e. The van der Waals surface area contributed by atoms with Crippen LogP contribution in [0.5, 0.6) is 0 Å². The predicted molar refractivity (Wildman–Crippen MR) is 116 cm³/mol. The van der Waals surface area contributed by atoms with Gasteiger partial charge in [0.1, 0.15) is 0 Å². The van der Waals surface area contributed by atoms with Crippen molar-refractivity contribution >= 4 is 44.9 Å². The van der Waals surface area contributed by atoms with Crippen LogP contribution < -0.4 is 4.90 Å². The third kappa shape index (κ3) is 3.73. The number of carbonyl (C=O) groups is 2. The number of anilines is 1. The van der Waals surface area contributed by atoms with E-state index in [0.29, 0.717) is 28.4 Å². The molecule has 6 heteroatoms. The first kappa shape index (κ1) is 19.8. The van der Waals surface area contributed by atoms with Gasteiger partial charge in [-0.1, -0.05) is 70.0 Å². The molecule has 1 atom stereocenters. The van der Waals surface area contributed by atoms with Gasteiger partial charge in [-0.25, -0.2) is 0 Å². The molecule has 1 N–H and O–H groups in total. The molecule has 0 spiro atoms. The molecular formula is C23H17BrClNO3. The van der Waals surface area contributed by atoms with Gasteiger partial charge in [0.2, 0.25) is 0 Å². The number of fused-ring (bicyclic) bond motifs is 1. The SMILES string of the molecule is O=C(C[C@@]1(O)C(=O)N(Cc2ccccc2)c2ccc(Cl)cc21)c1ccc(Br)cc1. The number of halogens is 2. The van der Waals surface area contributed by atoms with Gasteiger partial charge in [0.05, 0.1) is 18.7 Å². The first-order valence-corrected chi connectivity index (χ1v) is 10.2. The summed E-state index contributed by atoms with van der Waals surface area (Å²) < 4.78 is 0.843. The summed E-state index contributed by atoms with van der Waals surface area (Å²) >= 11 is 9.48. The molecule has 0 aromatic heterocycles. The van der Waals surface area contributed by atoms with E-state index in [2.05, 4.69) is 15.9 Å². The van der Waals surface area contributed by atoms with E-state index in [-0.39, 0.29) is 12.2 Å². The number of carbonyl (C=O) groups excluding carboxylic acids is 2. The molecule has 3 aromatic rings. The molecular weight excluding hydrogens is 454 g/mol. The summed E-state index contributed by atoms with van der Waals surface area (Å²) in [5, 5.41) is 11.8. The number of amides is 1. The van der Waals surface area contributed by atoms with Crippen LogP contribution in [0.15, 0.2) is 77.3 Å². The zero-order valence-corrected chi connectivity index (χ0v) is 17.7.